The summed E-state index contributed by atoms with van der Waals surface area (Å²) in [6, 6.07) is 7.10. The molecule has 2 atom stereocenters. The van der Waals surface area contributed by atoms with E-state index >= 15 is 0 Å². The lowest BCUT2D eigenvalue weighted by Gasteiger charge is -2.27. The lowest BCUT2D eigenvalue weighted by Crippen LogP contribution is -2.40. The zero-order chi connectivity index (χ0) is 12.8. The molecule has 0 aliphatic rings. The van der Waals surface area contributed by atoms with E-state index in [1.807, 2.05) is 26.0 Å². The molecule has 0 bridgehead atoms. The van der Waals surface area contributed by atoms with Gasteiger partial charge in [-0.05, 0) is 23.6 Å². The zero-order valence-corrected chi connectivity index (χ0v) is 11.0. The minimum atomic E-state index is -0.598. The molecule has 0 saturated carbocycles. The molecule has 4 heteroatoms. The number of benzene rings is 1. The zero-order valence-electron chi connectivity index (χ0n) is 10.2. The molecule has 0 aliphatic heterocycles. The van der Waals surface area contributed by atoms with Crippen molar-refractivity contribution in [3.05, 3.63) is 34.9 Å². The van der Waals surface area contributed by atoms with Crippen LogP contribution >= 0.6 is 11.6 Å². The van der Waals surface area contributed by atoms with Gasteiger partial charge in [0.2, 0.25) is 0 Å². The largest absolute Gasteiger partial charge is 0.395 e. The summed E-state index contributed by atoms with van der Waals surface area (Å²) < 4.78 is 0. The van der Waals surface area contributed by atoms with Gasteiger partial charge < -0.3 is 15.5 Å². The summed E-state index contributed by atoms with van der Waals surface area (Å²) in [6.45, 7) is 4.62. The fourth-order valence-corrected chi connectivity index (χ4v) is 1.94. The molecule has 17 heavy (non-hydrogen) atoms. The van der Waals surface area contributed by atoms with Crippen LogP contribution in [0.5, 0.6) is 0 Å². The maximum absolute atomic E-state index is 10.3. The van der Waals surface area contributed by atoms with Gasteiger partial charge in [0.15, 0.2) is 0 Å². The van der Waals surface area contributed by atoms with Gasteiger partial charge >= 0.3 is 0 Å². The Labute approximate surface area is 107 Å². The second kappa shape index (κ2) is 6.97. The van der Waals surface area contributed by atoms with E-state index in [0.29, 0.717) is 11.6 Å². The summed E-state index contributed by atoms with van der Waals surface area (Å²) in [6.07, 6.45) is -0.598. The lowest BCUT2D eigenvalue weighted by atomic mass is 9.93. The summed E-state index contributed by atoms with van der Waals surface area (Å²) in [5.41, 5.74) is 0.832. The van der Waals surface area contributed by atoms with Gasteiger partial charge in [-0.25, -0.2) is 0 Å². The summed E-state index contributed by atoms with van der Waals surface area (Å²) in [5, 5.41) is 22.9. The molecule has 1 aromatic carbocycles. The number of aliphatic hydroxyl groups excluding tert-OH is 2. The van der Waals surface area contributed by atoms with E-state index in [1.54, 1.807) is 12.1 Å². The molecule has 96 valence electrons. The van der Waals surface area contributed by atoms with E-state index in [4.69, 9.17) is 16.7 Å². The molecule has 0 aromatic heterocycles. The third-order valence-corrected chi connectivity index (χ3v) is 3.01. The molecular weight excluding hydrogens is 238 g/mol. The Balaban J connectivity index is 2.76. The number of rotatable bonds is 6. The van der Waals surface area contributed by atoms with Gasteiger partial charge in [-0.15, -0.1) is 0 Å². The first kappa shape index (κ1) is 14.5. The molecule has 0 fully saturated rings. The lowest BCUT2D eigenvalue weighted by molar-refractivity contribution is 0.102. The highest BCUT2D eigenvalue weighted by Crippen LogP contribution is 2.23. The van der Waals surface area contributed by atoms with Crippen molar-refractivity contribution in [1.29, 1.82) is 0 Å². The van der Waals surface area contributed by atoms with Gasteiger partial charge in [-0.3, -0.25) is 0 Å². The summed E-state index contributed by atoms with van der Waals surface area (Å²) >= 11 is 5.81. The van der Waals surface area contributed by atoms with Gasteiger partial charge in [-0.2, -0.15) is 0 Å². The van der Waals surface area contributed by atoms with Crippen molar-refractivity contribution in [3.63, 3.8) is 0 Å². The van der Waals surface area contributed by atoms with Crippen LogP contribution in [-0.4, -0.2) is 29.4 Å². The Morgan fingerprint density at radius 3 is 2.29 bits per heavy atom. The first-order valence-corrected chi connectivity index (χ1v) is 6.22. The van der Waals surface area contributed by atoms with Crippen LogP contribution in [0.25, 0.3) is 0 Å². The number of nitrogens with one attached hydrogen (secondary N) is 1. The SMILES string of the molecule is CC(C)C(NCCO)C(O)c1ccc(Cl)cc1. The van der Waals surface area contributed by atoms with E-state index < -0.39 is 6.10 Å². The van der Waals surface area contributed by atoms with Crippen LogP contribution < -0.4 is 5.32 Å². The Hall–Kier alpha value is -0.610. The van der Waals surface area contributed by atoms with Crippen LogP contribution in [0.2, 0.25) is 5.02 Å². The normalized spacial score (nSPS) is 14.9. The fourth-order valence-electron chi connectivity index (χ4n) is 1.81. The standard InChI is InChI=1S/C13H20ClNO2/c1-9(2)12(15-7-8-16)13(17)10-3-5-11(14)6-4-10/h3-6,9,12-13,15-17H,7-8H2,1-2H3. The Bertz CT molecular complexity index is 327. The van der Waals surface area contributed by atoms with Crippen molar-refractivity contribution >= 4 is 11.6 Å². The Kier molecular flexibility index (Phi) is 5.92. The van der Waals surface area contributed by atoms with Crippen LogP contribution in [0.1, 0.15) is 25.5 Å². The minimum Gasteiger partial charge on any atom is -0.395 e. The predicted molar refractivity (Wildman–Crippen MR) is 70.1 cm³/mol. The summed E-state index contributed by atoms with van der Waals surface area (Å²) in [4.78, 5) is 0. The molecule has 3 N–H and O–H groups in total. The van der Waals surface area contributed by atoms with Crippen LogP contribution in [0, 0.1) is 5.92 Å². The third kappa shape index (κ3) is 4.28. The van der Waals surface area contributed by atoms with E-state index in [2.05, 4.69) is 5.32 Å². The molecule has 1 aromatic rings. The van der Waals surface area contributed by atoms with Gasteiger partial charge in [0.05, 0.1) is 12.7 Å². The maximum Gasteiger partial charge on any atom is 0.0945 e. The van der Waals surface area contributed by atoms with Gasteiger partial charge in [-0.1, -0.05) is 37.6 Å². The predicted octanol–water partition coefficient (Wildman–Crippen LogP) is 1.98. The Morgan fingerprint density at radius 2 is 1.82 bits per heavy atom. The highest BCUT2D eigenvalue weighted by molar-refractivity contribution is 6.30. The summed E-state index contributed by atoms with van der Waals surface area (Å²) in [7, 11) is 0. The van der Waals surface area contributed by atoms with Crippen molar-refractivity contribution in [2.45, 2.75) is 26.0 Å². The number of aliphatic hydroxyl groups is 2. The first-order valence-electron chi connectivity index (χ1n) is 5.84. The Morgan fingerprint density at radius 1 is 1.24 bits per heavy atom. The molecule has 3 nitrogen and oxygen atoms in total. The van der Waals surface area contributed by atoms with Crippen LogP contribution in [0.3, 0.4) is 0 Å². The average Bonchev–Trinajstić information content (AvgIpc) is 2.29. The average molecular weight is 258 g/mol. The van der Waals surface area contributed by atoms with Gasteiger partial charge in [0, 0.05) is 17.6 Å². The molecule has 0 saturated heterocycles. The van der Waals surface area contributed by atoms with Crippen molar-refractivity contribution in [3.8, 4) is 0 Å². The van der Waals surface area contributed by atoms with E-state index in [0.717, 1.165) is 5.56 Å². The van der Waals surface area contributed by atoms with Gasteiger partial charge in [0.25, 0.3) is 0 Å². The van der Waals surface area contributed by atoms with Crippen molar-refractivity contribution in [2.24, 2.45) is 5.92 Å². The highest BCUT2D eigenvalue weighted by atomic mass is 35.5. The van der Waals surface area contributed by atoms with Crippen molar-refractivity contribution < 1.29 is 10.2 Å². The second-order valence-electron chi connectivity index (χ2n) is 4.44. The van der Waals surface area contributed by atoms with E-state index in [1.165, 1.54) is 0 Å². The quantitative estimate of drug-likeness (QED) is 0.731. The molecule has 2 unspecified atom stereocenters. The van der Waals surface area contributed by atoms with Crippen LogP contribution in [0.4, 0.5) is 0 Å². The fraction of sp³-hybridized carbons (Fsp3) is 0.538. The number of hydrogen-bond acceptors (Lipinski definition) is 3. The molecule has 0 spiro atoms. The topological polar surface area (TPSA) is 52.5 Å². The van der Waals surface area contributed by atoms with E-state index in [9.17, 15) is 5.11 Å². The van der Waals surface area contributed by atoms with Gasteiger partial charge in [0.1, 0.15) is 0 Å². The third-order valence-electron chi connectivity index (χ3n) is 2.76. The summed E-state index contributed by atoms with van der Waals surface area (Å²) in [5.74, 6) is 0.271. The minimum absolute atomic E-state index is 0.0660. The van der Waals surface area contributed by atoms with Crippen molar-refractivity contribution in [2.75, 3.05) is 13.2 Å². The number of halogens is 1. The molecular formula is C13H20ClNO2. The van der Waals surface area contributed by atoms with Crippen molar-refractivity contribution in [1.82, 2.24) is 5.32 Å². The highest BCUT2D eigenvalue weighted by Gasteiger charge is 2.23. The van der Waals surface area contributed by atoms with Crippen LogP contribution in [-0.2, 0) is 0 Å². The molecule has 0 amide bonds. The molecule has 1 rings (SSSR count). The second-order valence-corrected chi connectivity index (χ2v) is 4.88. The molecule has 0 aliphatic carbocycles. The first-order chi connectivity index (χ1) is 8.06. The monoisotopic (exact) mass is 257 g/mol. The van der Waals surface area contributed by atoms with Crippen LogP contribution in [0.15, 0.2) is 24.3 Å². The maximum atomic E-state index is 10.3. The number of hydrogen-bond donors (Lipinski definition) is 3. The van der Waals surface area contributed by atoms with E-state index in [-0.39, 0.29) is 18.6 Å². The molecule has 0 radical (unpaired) electrons. The molecule has 0 heterocycles. The smallest absolute Gasteiger partial charge is 0.0945 e.